The molecule has 4 rings (SSSR count). The number of amides is 3. The minimum atomic E-state index is -0.481. The fourth-order valence-electron chi connectivity index (χ4n) is 3.07. The van der Waals surface area contributed by atoms with Crippen LogP contribution < -0.4 is 22.1 Å². The van der Waals surface area contributed by atoms with E-state index in [9.17, 15) is 14.4 Å². The highest BCUT2D eigenvalue weighted by molar-refractivity contribution is 7.21. The smallest absolute Gasteiger partial charge is 0.263 e. The minimum absolute atomic E-state index is 0.0708. The lowest BCUT2D eigenvalue weighted by atomic mass is 10.1. The summed E-state index contributed by atoms with van der Waals surface area (Å²) >= 11 is 1.42. The minimum Gasteiger partial charge on any atom is -0.381 e. The van der Waals surface area contributed by atoms with Gasteiger partial charge in [-0.25, -0.2) is 0 Å². The van der Waals surface area contributed by atoms with E-state index in [-0.39, 0.29) is 11.9 Å². The van der Waals surface area contributed by atoms with Crippen LogP contribution in [0, 0.1) is 0 Å². The quantitative estimate of drug-likeness (QED) is 0.561. The highest BCUT2D eigenvalue weighted by Gasteiger charge is 2.23. The van der Waals surface area contributed by atoms with Crippen molar-refractivity contribution in [2.75, 3.05) is 11.9 Å². The lowest BCUT2D eigenvalue weighted by Gasteiger charge is -2.09. The fraction of sp³-hybridized carbons (Fsp3) is 0.381. The number of benzene rings is 1. The maximum atomic E-state index is 12.1. The van der Waals surface area contributed by atoms with Gasteiger partial charge < -0.3 is 22.1 Å². The van der Waals surface area contributed by atoms with Crippen LogP contribution in [-0.4, -0.2) is 30.3 Å². The van der Waals surface area contributed by atoms with Crippen molar-refractivity contribution in [3.63, 3.8) is 0 Å². The number of anilines is 1. The zero-order valence-corrected chi connectivity index (χ0v) is 17.4. The lowest BCUT2D eigenvalue weighted by molar-refractivity contribution is -0.113. The molecule has 0 bridgehead atoms. The van der Waals surface area contributed by atoms with E-state index in [1.54, 1.807) is 12.1 Å². The topological polar surface area (TPSA) is 127 Å². The Kier molecular flexibility index (Phi) is 8.21. The van der Waals surface area contributed by atoms with E-state index in [2.05, 4.69) is 22.9 Å². The molecule has 29 heavy (non-hydrogen) atoms. The molecule has 1 unspecified atom stereocenters. The van der Waals surface area contributed by atoms with Crippen LogP contribution in [0.15, 0.2) is 30.9 Å². The van der Waals surface area contributed by atoms with Crippen LogP contribution in [0.4, 0.5) is 5.69 Å². The summed E-state index contributed by atoms with van der Waals surface area (Å²) in [5.74, 6) is -1.02. The molecule has 1 aliphatic heterocycles. The standard InChI is InChI=1S/C13H13N3O2S.C5H10.C3H5NO/c1-6-5-15-10-8-4-7(12(14)17)2-3-9(8)19-11(10)13(18)16-6;1-2-4-5-3-1;1-2-3(4)5/h2-4,6,15H,5H2,1H3,(H2,14,17)(H,16,18);1-5H2;2H,1H2,(H2,4,5). The maximum Gasteiger partial charge on any atom is 0.263 e. The second-order valence-electron chi connectivity index (χ2n) is 7.01. The van der Waals surface area contributed by atoms with Crippen molar-refractivity contribution in [2.24, 2.45) is 11.5 Å². The highest BCUT2D eigenvalue weighted by atomic mass is 32.1. The van der Waals surface area contributed by atoms with Crippen molar-refractivity contribution in [3.8, 4) is 0 Å². The van der Waals surface area contributed by atoms with Crippen LogP contribution in [0.1, 0.15) is 59.1 Å². The van der Waals surface area contributed by atoms with Gasteiger partial charge in [-0.3, -0.25) is 14.4 Å². The van der Waals surface area contributed by atoms with Gasteiger partial charge in [0.2, 0.25) is 11.8 Å². The number of carbonyl (C=O) groups is 3. The van der Waals surface area contributed by atoms with Gasteiger partial charge in [-0.05, 0) is 31.2 Å². The predicted octanol–water partition coefficient (Wildman–Crippen LogP) is 3.15. The van der Waals surface area contributed by atoms with Crippen LogP contribution >= 0.6 is 11.3 Å². The molecule has 156 valence electrons. The zero-order valence-electron chi connectivity index (χ0n) is 16.6. The Morgan fingerprint density at radius 3 is 2.28 bits per heavy atom. The predicted molar refractivity (Wildman–Crippen MR) is 118 cm³/mol. The first-order chi connectivity index (χ1) is 13.8. The molecule has 2 heterocycles. The molecule has 7 nitrogen and oxygen atoms in total. The number of nitrogens with one attached hydrogen (secondary N) is 2. The number of fused-ring (bicyclic) bond motifs is 3. The molecule has 3 amide bonds. The number of nitrogens with two attached hydrogens (primary N) is 2. The first-order valence-electron chi connectivity index (χ1n) is 9.66. The molecule has 1 aliphatic carbocycles. The Bertz CT molecular complexity index is 895. The van der Waals surface area contributed by atoms with Gasteiger partial charge in [0.15, 0.2) is 0 Å². The number of carbonyl (C=O) groups excluding carboxylic acids is 3. The third kappa shape index (κ3) is 6.32. The number of hydrogen-bond acceptors (Lipinski definition) is 5. The van der Waals surface area contributed by atoms with Gasteiger partial charge >= 0.3 is 0 Å². The van der Waals surface area contributed by atoms with E-state index in [0.29, 0.717) is 17.0 Å². The van der Waals surface area contributed by atoms with Gasteiger partial charge in [0.05, 0.1) is 5.69 Å². The van der Waals surface area contributed by atoms with Gasteiger partial charge in [-0.15, -0.1) is 11.3 Å². The molecule has 0 saturated heterocycles. The third-order valence-corrected chi connectivity index (χ3v) is 5.76. The summed E-state index contributed by atoms with van der Waals surface area (Å²) < 4.78 is 0.965. The lowest BCUT2D eigenvalue weighted by Crippen LogP contribution is -2.34. The summed E-state index contributed by atoms with van der Waals surface area (Å²) in [6.45, 7) is 5.69. The Hall–Kier alpha value is -2.87. The van der Waals surface area contributed by atoms with Gasteiger partial charge in [0.25, 0.3) is 5.91 Å². The summed E-state index contributed by atoms with van der Waals surface area (Å²) in [6, 6.07) is 5.32. The van der Waals surface area contributed by atoms with E-state index < -0.39 is 11.8 Å². The molecule has 0 spiro atoms. The Labute approximate surface area is 174 Å². The second kappa shape index (κ2) is 10.6. The maximum absolute atomic E-state index is 12.1. The molecular formula is C21H28N4O3S. The molecule has 1 atom stereocenters. The van der Waals surface area contributed by atoms with Crippen molar-refractivity contribution in [1.82, 2.24) is 5.32 Å². The first kappa shape index (κ1) is 22.4. The summed E-state index contributed by atoms with van der Waals surface area (Å²) in [4.78, 5) is 33.4. The Morgan fingerprint density at radius 1 is 1.17 bits per heavy atom. The monoisotopic (exact) mass is 416 g/mol. The van der Waals surface area contributed by atoms with E-state index >= 15 is 0 Å². The fourth-order valence-corrected chi connectivity index (χ4v) is 4.13. The molecule has 0 radical (unpaired) electrons. The van der Waals surface area contributed by atoms with Gasteiger partial charge in [0.1, 0.15) is 4.88 Å². The van der Waals surface area contributed by atoms with Gasteiger partial charge in [0, 0.05) is 28.2 Å². The average Bonchev–Trinajstić information content (AvgIpc) is 3.35. The number of primary amides is 2. The summed E-state index contributed by atoms with van der Waals surface area (Å²) in [6.07, 6.45) is 8.56. The summed E-state index contributed by atoms with van der Waals surface area (Å²) in [7, 11) is 0. The number of hydrogen-bond donors (Lipinski definition) is 4. The van der Waals surface area contributed by atoms with Crippen LogP contribution in [0.3, 0.4) is 0 Å². The van der Waals surface area contributed by atoms with Crippen molar-refractivity contribution < 1.29 is 14.4 Å². The van der Waals surface area contributed by atoms with E-state index in [1.165, 1.54) is 43.4 Å². The number of thiophene rings is 1. The van der Waals surface area contributed by atoms with Crippen molar-refractivity contribution in [3.05, 3.63) is 41.3 Å². The molecule has 1 aromatic carbocycles. The van der Waals surface area contributed by atoms with E-state index in [0.717, 1.165) is 21.8 Å². The Balaban J connectivity index is 0.000000247. The highest BCUT2D eigenvalue weighted by Crippen LogP contribution is 2.37. The zero-order chi connectivity index (χ0) is 21.4. The summed E-state index contributed by atoms with van der Waals surface area (Å²) in [5.41, 5.74) is 11.1. The van der Waals surface area contributed by atoms with Crippen LogP contribution in [-0.2, 0) is 4.79 Å². The number of rotatable bonds is 2. The molecule has 8 heteroatoms. The largest absolute Gasteiger partial charge is 0.381 e. The first-order valence-corrected chi connectivity index (χ1v) is 10.5. The molecule has 1 saturated carbocycles. The van der Waals surface area contributed by atoms with Crippen LogP contribution in [0.25, 0.3) is 10.1 Å². The van der Waals surface area contributed by atoms with Gasteiger partial charge in [-0.2, -0.15) is 0 Å². The van der Waals surface area contributed by atoms with E-state index in [4.69, 9.17) is 5.73 Å². The molecular weight excluding hydrogens is 388 g/mol. The van der Waals surface area contributed by atoms with Crippen LogP contribution in [0.5, 0.6) is 0 Å². The molecule has 6 N–H and O–H groups in total. The normalized spacial score (nSPS) is 17.3. The average molecular weight is 417 g/mol. The van der Waals surface area contributed by atoms with Crippen LogP contribution in [0.2, 0.25) is 0 Å². The van der Waals surface area contributed by atoms with Crippen molar-refractivity contribution in [2.45, 2.75) is 45.1 Å². The molecule has 1 aromatic heterocycles. The van der Waals surface area contributed by atoms with E-state index in [1.807, 2.05) is 13.0 Å². The summed E-state index contributed by atoms with van der Waals surface area (Å²) in [5, 5.41) is 7.06. The van der Waals surface area contributed by atoms with Gasteiger partial charge in [-0.1, -0.05) is 38.7 Å². The Morgan fingerprint density at radius 2 is 1.76 bits per heavy atom. The molecule has 2 aliphatic rings. The third-order valence-electron chi connectivity index (χ3n) is 4.59. The van der Waals surface area contributed by atoms with Crippen molar-refractivity contribution in [1.29, 1.82) is 0 Å². The second-order valence-corrected chi connectivity index (χ2v) is 8.06. The SMILES string of the molecule is C1CCCC1.C=CC(N)=O.CC1CNc2c(sc3ccc(C(N)=O)cc23)C(=O)N1. The molecule has 1 fully saturated rings. The molecule has 2 aromatic rings. The van der Waals surface area contributed by atoms with Crippen molar-refractivity contribution >= 4 is 44.8 Å².